The van der Waals surface area contributed by atoms with Gasteiger partial charge >= 0.3 is 0 Å². The Labute approximate surface area is 150 Å². The summed E-state index contributed by atoms with van der Waals surface area (Å²) in [5.74, 6) is 0.941. The van der Waals surface area contributed by atoms with E-state index in [0.717, 1.165) is 29.1 Å². The predicted molar refractivity (Wildman–Crippen MR) is 103 cm³/mol. The van der Waals surface area contributed by atoms with Crippen LogP contribution in [-0.2, 0) is 11.2 Å². The summed E-state index contributed by atoms with van der Waals surface area (Å²) in [5.41, 5.74) is 1.07. The average molecular weight is 357 g/mol. The van der Waals surface area contributed by atoms with Crippen molar-refractivity contribution in [1.29, 1.82) is 0 Å². The third kappa shape index (κ3) is 5.08. The van der Waals surface area contributed by atoms with Gasteiger partial charge in [0.2, 0.25) is 5.91 Å². The number of thioether (sulfide) groups is 1. The number of rotatable bonds is 8. The fourth-order valence-electron chi connectivity index (χ4n) is 2.36. The highest BCUT2D eigenvalue weighted by Crippen LogP contribution is 2.22. The van der Waals surface area contributed by atoms with E-state index in [4.69, 9.17) is 0 Å². The molecule has 3 aromatic rings. The molecule has 5 heteroatoms. The second-order valence-electron chi connectivity index (χ2n) is 5.44. The Morgan fingerprint density at radius 1 is 1.08 bits per heavy atom. The second kappa shape index (κ2) is 8.85. The van der Waals surface area contributed by atoms with Crippen LogP contribution in [0.5, 0.6) is 0 Å². The number of benzene rings is 2. The first kappa shape index (κ1) is 17.0. The minimum atomic E-state index is 0.128. The van der Waals surface area contributed by atoms with Gasteiger partial charge in [-0.15, -0.1) is 23.1 Å². The SMILES string of the molecule is O=C(CCSc1ccccc1)NCCCc1nc2ccccc2s1. The molecule has 2 aromatic carbocycles. The van der Waals surface area contributed by atoms with E-state index >= 15 is 0 Å². The van der Waals surface area contributed by atoms with Crippen LogP contribution in [0, 0.1) is 0 Å². The Hall–Kier alpha value is -1.85. The summed E-state index contributed by atoms with van der Waals surface area (Å²) >= 11 is 3.46. The number of hydrogen-bond donors (Lipinski definition) is 1. The average Bonchev–Trinajstić information content (AvgIpc) is 3.02. The number of hydrogen-bond acceptors (Lipinski definition) is 4. The molecule has 0 aliphatic carbocycles. The molecule has 0 radical (unpaired) electrons. The van der Waals surface area contributed by atoms with Crippen LogP contribution in [0.3, 0.4) is 0 Å². The molecule has 3 rings (SSSR count). The molecular weight excluding hydrogens is 336 g/mol. The number of nitrogens with zero attached hydrogens (tertiary/aromatic N) is 1. The standard InChI is InChI=1S/C19H20N2OS2/c22-18(12-14-23-15-7-2-1-3-8-15)20-13-6-11-19-21-16-9-4-5-10-17(16)24-19/h1-5,7-10H,6,11-14H2,(H,20,22). The van der Waals surface area contributed by atoms with Gasteiger partial charge in [-0.3, -0.25) is 4.79 Å². The molecule has 1 amide bonds. The Balaban J connectivity index is 1.32. The number of carbonyl (C=O) groups is 1. The van der Waals surface area contributed by atoms with Gasteiger partial charge in [-0.25, -0.2) is 4.98 Å². The molecule has 1 heterocycles. The van der Waals surface area contributed by atoms with E-state index in [-0.39, 0.29) is 5.91 Å². The summed E-state index contributed by atoms with van der Waals surface area (Å²) < 4.78 is 1.23. The first-order valence-electron chi connectivity index (χ1n) is 8.10. The quantitative estimate of drug-likeness (QED) is 0.476. The van der Waals surface area contributed by atoms with Crippen molar-refractivity contribution in [2.24, 2.45) is 0 Å². The lowest BCUT2D eigenvalue weighted by molar-refractivity contribution is -0.120. The minimum absolute atomic E-state index is 0.128. The molecule has 24 heavy (non-hydrogen) atoms. The van der Waals surface area contributed by atoms with Crippen LogP contribution in [0.2, 0.25) is 0 Å². The molecule has 3 nitrogen and oxygen atoms in total. The third-order valence-corrected chi connectivity index (χ3v) is 5.68. The number of fused-ring (bicyclic) bond motifs is 1. The number of nitrogens with one attached hydrogen (secondary N) is 1. The second-order valence-corrected chi connectivity index (χ2v) is 7.72. The molecule has 0 saturated heterocycles. The van der Waals surface area contributed by atoms with Crippen molar-refractivity contribution in [3.05, 3.63) is 59.6 Å². The summed E-state index contributed by atoms with van der Waals surface area (Å²) in [4.78, 5) is 17.7. The molecular formula is C19H20N2OS2. The van der Waals surface area contributed by atoms with Gasteiger partial charge in [0.25, 0.3) is 0 Å². The van der Waals surface area contributed by atoms with Crippen molar-refractivity contribution in [3.63, 3.8) is 0 Å². The Morgan fingerprint density at radius 3 is 2.71 bits per heavy atom. The molecule has 1 aromatic heterocycles. The molecule has 0 bridgehead atoms. The van der Waals surface area contributed by atoms with Gasteiger partial charge in [-0.05, 0) is 30.7 Å². The largest absolute Gasteiger partial charge is 0.356 e. The van der Waals surface area contributed by atoms with Crippen molar-refractivity contribution in [2.75, 3.05) is 12.3 Å². The summed E-state index contributed by atoms with van der Waals surface area (Å²) in [6.07, 6.45) is 2.40. The lowest BCUT2D eigenvalue weighted by atomic mass is 10.3. The molecule has 0 unspecified atom stereocenters. The van der Waals surface area contributed by atoms with Crippen molar-refractivity contribution < 1.29 is 4.79 Å². The zero-order valence-corrected chi connectivity index (χ0v) is 15.0. The van der Waals surface area contributed by atoms with Crippen molar-refractivity contribution in [1.82, 2.24) is 10.3 Å². The van der Waals surface area contributed by atoms with Crippen molar-refractivity contribution >= 4 is 39.2 Å². The molecule has 1 N–H and O–H groups in total. The number of thiazole rings is 1. The number of aryl methyl sites for hydroxylation is 1. The van der Waals surface area contributed by atoms with Gasteiger partial charge in [0.1, 0.15) is 0 Å². The predicted octanol–water partition coefficient (Wildman–Crippen LogP) is 4.53. The van der Waals surface area contributed by atoms with E-state index in [1.165, 1.54) is 9.60 Å². The van der Waals surface area contributed by atoms with E-state index in [2.05, 4.69) is 28.5 Å². The number of carbonyl (C=O) groups excluding carboxylic acids is 1. The van der Waals surface area contributed by atoms with Gasteiger partial charge in [-0.1, -0.05) is 30.3 Å². The van der Waals surface area contributed by atoms with E-state index < -0.39 is 0 Å². The first-order valence-corrected chi connectivity index (χ1v) is 9.90. The molecule has 124 valence electrons. The number of para-hydroxylation sites is 1. The summed E-state index contributed by atoms with van der Waals surface area (Å²) in [5, 5.41) is 4.14. The fraction of sp³-hybridized carbons (Fsp3) is 0.263. The maximum atomic E-state index is 11.8. The van der Waals surface area contributed by atoms with E-state index in [1.54, 1.807) is 23.1 Å². The Bertz CT molecular complexity index is 753. The van der Waals surface area contributed by atoms with Gasteiger partial charge in [0, 0.05) is 30.0 Å². The highest BCUT2D eigenvalue weighted by Gasteiger charge is 2.04. The van der Waals surface area contributed by atoms with E-state index in [0.29, 0.717) is 13.0 Å². The number of aromatic nitrogens is 1. The van der Waals surface area contributed by atoms with Crippen molar-refractivity contribution in [2.45, 2.75) is 24.2 Å². The lowest BCUT2D eigenvalue weighted by Crippen LogP contribution is -2.24. The molecule has 0 aliphatic rings. The molecule has 0 fully saturated rings. The van der Waals surface area contributed by atoms with Crippen LogP contribution in [-0.4, -0.2) is 23.2 Å². The summed E-state index contributed by atoms with van der Waals surface area (Å²) in [7, 11) is 0. The molecule has 0 saturated carbocycles. The normalized spacial score (nSPS) is 10.8. The van der Waals surface area contributed by atoms with E-state index in [9.17, 15) is 4.79 Å². The van der Waals surface area contributed by atoms with Gasteiger partial charge < -0.3 is 5.32 Å². The first-order chi connectivity index (χ1) is 11.8. The minimum Gasteiger partial charge on any atom is -0.356 e. The zero-order valence-electron chi connectivity index (χ0n) is 13.4. The third-order valence-electron chi connectivity index (χ3n) is 3.57. The molecule has 0 aliphatic heterocycles. The van der Waals surface area contributed by atoms with Gasteiger partial charge in [0.15, 0.2) is 0 Å². The zero-order chi connectivity index (χ0) is 16.6. The van der Waals surface area contributed by atoms with Crippen molar-refractivity contribution in [3.8, 4) is 0 Å². The van der Waals surface area contributed by atoms with Crippen LogP contribution in [0.1, 0.15) is 17.8 Å². The molecule has 0 spiro atoms. The van der Waals surface area contributed by atoms with Crippen LogP contribution in [0.15, 0.2) is 59.5 Å². The van der Waals surface area contributed by atoms with Crippen LogP contribution in [0.25, 0.3) is 10.2 Å². The van der Waals surface area contributed by atoms with Gasteiger partial charge in [-0.2, -0.15) is 0 Å². The molecule has 0 atom stereocenters. The summed E-state index contributed by atoms with van der Waals surface area (Å²) in [6.45, 7) is 0.713. The van der Waals surface area contributed by atoms with Crippen LogP contribution < -0.4 is 5.32 Å². The van der Waals surface area contributed by atoms with Crippen LogP contribution in [0.4, 0.5) is 0 Å². The lowest BCUT2D eigenvalue weighted by Gasteiger charge is -2.04. The fourth-order valence-corrected chi connectivity index (χ4v) is 4.24. The Morgan fingerprint density at radius 2 is 1.88 bits per heavy atom. The summed E-state index contributed by atoms with van der Waals surface area (Å²) in [6, 6.07) is 18.4. The monoisotopic (exact) mass is 356 g/mol. The van der Waals surface area contributed by atoms with Crippen LogP contribution >= 0.6 is 23.1 Å². The number of amides is 1. The van der Waals surface area contributed by atoms with Gasteiger partial charge in [0.05, 0.1) is 15.2 Å². The van der Waals surface area contributed by atoms with E-state index in [1.807, 2.05) is 36.4 Å². The highest BCUT2D eigenvalue weighted by atomic mass is 32.2. The Kier molecular flexibility index (Phi) is 6.26. The maximum absolute atomic E-state index is 11.8. The smallest absolute Gasteiger partial charge is 0.220 e. The maximum Gasteiger partial charge on any atom is 0.220 e. The highest BCUT2D eigenvalue weighted by molar-refractivity contribution is 7.99. The topological polar surface area (TPSA) is 42.0 Å².